The summed E-state index contributed by atoms with van der Waals surface area (Å²) in [4.78, 5) is 40.9. The highest BCUT2D eigenvalue weighted by Crippen LogP contribution is 2.34. The molecule has 2 aromatic rings. The molecule has 0 aromatic heterocycles. The molecule has 16 heteroatoms. The van der Waals surface area contributed by atoms with E-state index < -0.39 is 30.7 Å². The molecule has 0 spiro atoms. The van der Waals surface area contributed by atoms with E-state index in [4.69, 9.17) is 43.4 Å². The Morgan fingerprint density at radius 2 is 1.64 bits per heavy atom. The molecular weight excluding hydrogens is 513 g/mol. The van der Waals surface area contributed by atoms with Gasteiger partial charge in [-0.25, -0.2) is 4.79 Å². The molecule has 1 N–H and O–H groups in total. The number of urea groups is 1. The smallest absolute Gasteiger partial charge is 0.325 e. The van der Waals surface area contributed by atoms with Crippen molar-refractivity contribution in [2.45, 2.75) is 12.1 Å². The number of amides is 4. The van der Waals surface area contributed by atoms with E-state index in [0.29, 0.717) is 23.4 Å². The van der Waals surface area contributed by atoms with Crippen LogP contribution in [0, 0.1) is 0 Å². The fourth-order valence-corrected chi connectivity index (χ4v) is 4.23. The number of hydrogen-bond donors (Lipinski definition) is 1. The van der Waals surface area contributed by atoms with Crippen molar-refractivity contribution < 1.29 is 19.1 Å². The van der Waals surface area contributed by atoms with Gasteiger partial charge in [-0.2, -0.15) is 0 Å². The number of nitrogens with one attached hydrogen (secondary N) is 1. The maximum absolute atomic E-state index is 13.1. The molecule has 2 aliphatic heterocycles. The molecule has 1 saturated heterocycles. The second-order valence-corrected chi connectivity index (χ2v) is 9.54. The molecule has 2 heterocycles. The summed E-state index contributed by atoms with van der Waals surface area (Å²) < 4.78 is 6.06. The Morgan fingerprint density at radius 3 is 2.11 bits per heavy atom. The Kier molecular flexibility index (Phi) is 8.91. The SMILES string of the molecule is COc1ccc2c(c1)C(=O)N(C[C@@]1(c3ccc(Br)cc3)NC(=O)N(C)C1=O)C2.[B]B([B])B([B])B([B])[B]. The van der Waals surface area contributed by atoms with Crippen molar-refractivity contribution in [1.29, 1.82) is 0 Å². The van der Waals surface area contributed by atoms with Gasteiger partial charge in [0.25, 0.3) is 11.8 Å². The van der Waals surface area contributed by atoms with Gasteiger partial charge in [0.05, 0.1) is 13.7 Å². The zero-order valence-electron chi connectivity index (χ0n) is 20.0. The van der Waals surface area contributed by atoms with E-state index in [1.807, 2.05) is 6.07 Å². The van der Waals surface area contributed by atoms with Crippen molar-refractivity contribution in [2.75, 3.05) is 20.7 Å². The number of carbonyl (C=O) groups is 3. The maximum Gasteiger partial charge on any atom is 0.325 e. The van der Waals surface area contributed by atoms with E-state index in [-0.39, 0.29) is 18.4 Å². The molecule has 7 nitrogen and oxygen atoms in total. The summed E-state index contributed by atoms with van der Waals surface area (Å²) in [6.45, 7) is 0.405. The monoisotopic (exact) mass is 531 g/mol. The topological polar surface area (TPSA) is 79.0 Å². The van der Waals surface area contributed by atoms with E-state index in [9.17, 15) is 14.4 Å². The number of methoxy groups -OCH3 is 1. The summed E-state index contributed by atoms with van der Waals surface area (Å²) >= 11 is 3.38. The molecule has 2 aliphatic rings. The Morgan fingerprint density at radius 1 is 1.03 bits per heavy atom. The number of nitrogens with zero attached hydrogens (tertiary/aromatic N) is 2. The fraction of sp³-hybridized carbons (Fsp3) is 0.250. The van der Waals surface area contributed by atoms with Crippen molar-refractivity contribution in [2.24, 2.45) is 0 Å². The van der Waals surface area contributed by atoms with Crippen molar-refractivity contribution in [3.8, 4) is 5.75 Å². The summed E-state index contributed by atoms with van der Waals surface area (Å²) in [6, 6.07) is 12.0. The average molecular weight is 531 g/mol. The predicted octanol–water partition coefficient (Wildman–Crippen LogP) is -0.556. The first kappa shape index (κ1) is 28.2. The standard InChI is InChI=1S/C20H18BrN3O4.B8/c1-23-18(26)20(22-19(23)27,13-4-6-14(21)7-5-13)11-24-10-12-3-8-15(28-2)9-16(12)17(24)25;1-6(2)8(5)7(3)4/h3-9H,10-11H2,1-2H3,(H,22,27);/t20-;/m0./s1. The van der Waals surface area contributed by atoms with Crippen LogP contribution in [-0.2, 0) is 16.9 Å². The number of imide groups is 1. The molecular formula is C20H18B8BrN3O4. The molecule has 1 fully saturated rings. The number of halogens is 1. The van der Waals surface area contributed by atoms with Crippen LogP contribution < -0.4 is 10.1 Å². The minimum atomic E-state index is -1.33. The summed E-state index contributed by atoms with van der Waals surface area (Å²) in [5.41, 5.74) is 0.714. The second-order valence-electron chi connectivity index (χ2n) is 8.62. The zero-order chi connectivity index (χ0) is 26.8. The Bertz CT molecular complexity index is 1150. The molecule has 10 radical (unpaired) electrons. The Labute approximate surface area is 227 Å². The number of likely N-dealkylation sites (N-methyl/N-ethyl adjacent to an activating group) is 1. The molecule has 168 valence electrons. The van der Waals surface area contributed by atoms with Crippen molar-refractivity contribution in [3.05, 3.63) is 63.6 Å². The normalized spacial score (nSPS) is 18.2. The number of rotatable bonds is 6. The van der Waals surface area contributed by atoms with Crippen LogP contribution in [0.5, 0.6) is 5.75 Å². The number of fused-ring (bicyclic) bond motifs is 1. The molecule has 1 atom stereocenters. The lowest BCUT2D eigenvalue weighted by molar-refractivity contribution is -0.131. The van der Waals surface area contributed by atoms with Gasteiger partial charge in [-0.1, -0.05) is 34.1 Å². The quantitative estimate of drug-likeness (QED) is 0.401. The average Bonchev–Trinajstić information content (AvgIpc) is 3.27. The first-order chi connectivity index (χ1) is 16.9. The summed E-state index contributed by atoms with van der Waals surface area (Å²) in [6.07, 6.45) is -1.78. The summed E-state index contributed by atoms with van der Waals surface area (Å²) in [5.74, 6) is 0.0182. The lowest BCUT2D eigenvalue weighted by Crippen LogP contribution is -2.52. The third-order valence-corrected chi connectivity index (χ3v) is 6.67. The first-order valence-corrected chi connectivity index (χ1v) is 11.8. The molecule has 0 saturated carbocycles. The van der Waals surface area contributed by atoms with Gasteiger partial charge in [0.15, 0.2) is 5.54 Å². The second kappa shape index (κ2) is 11.4. The highest BCUT2D eigenvalue weighted by atomic mass is 79.9. The number of hydrogen-bond acceptors (Lipinski definition) is 4. The van der Waals surface area contributed by atoms with Gasteiger partial charge in [-0.15, -0.1) is 0 Å². The third-order valence-electron chi connectivity index (χ3n) is 6.14. The minimum Gasteiger partial charge on any atom is -0.497 e. The number of carbonyl (C=O) groups excluding carboxylic acids is 3. The molecule has 4 amide bonds. The molecule has 0 bridgehead atoms. The molecule has 4 rings (SSSR count). The van der Waals surface area contributed by atoms with Crippen LogP contribution in [0.3, 0.4) is 0 Å². The predicted molar refractivity (Wildman–Crippen MR) is 151 cm³/mol. The molecule has 0 aliphatic carbocycles. The van der Waals surface area contributed by atoms with E-state index in [0.717, 1.165) is 14.9 Å². The lowest BCUT2D eigenvalue weighted by atomic mass is 8.68. The van der Waals surface area contributed by atoms with Gasteiger partial charge in [0.1, 0.15) is 5.75 Å². The third kappa shape index (κ3) is 5.63. The number of benzene rings is 2. The van der Waals surface area contributed by atoms with Gasteiger partial charge >= 0.3 is 6.03 Å². The molecule has 0 unspecified atom stereocenters. The van der Waals surface area contributed by atoms with Gasteiger partial charge in [0.2, 0.25) is 0 Å². The summed E-state index contributed by atoms with van der Waals surface area (Å²) in [7, 11) is 28.8. The van der Waals surface area contributed by atoms with Crippen LogP contribution in [0.1, 0.15) is 21.5 Å². The van der Waals surface area contributed by atoms with Crippen LogP contribution in [0.25, 0.3) is 0 Å². The molecule has 2 aromatic carbocycles. The highest BCUT2D eigenvalue weighted by molar-refractivity contribution is 9.10. The van der Waals surface area contributed by atoms with E-state index in [2.05, 4.69) is 21.2 Å². The highest BCUT2D eigenvalue weighted by Gasteiger charge is 2.53. The van der Waals surface area contributed by atoms with E-state index in [1.165, 1.54) is 7.05 Å². The van der Waals surface area contributed by atoms with E-state index >= 15 is 0 Å². The summed E-state index contributed by atoms with van der Waals surface area (Å²) in [5, 5.41) is 2.80. The first-order valence-electron chi connectivity index (χ1n) is 11.0. The Hall–Kier alpha value is -2.35. The minimum absolute atomic E-state index is 0.0410. The maximum atomic E-state index is 13.1. The fourth-order valence-electron chi connectivity index (χ4n) is 3.96. The van der Waals surface area contributed by atoms with Crippen LogP contribution in [0.4, 0.5) is 4.79 Å². The van der Waals surface area contributed by atoms with Crippen LogP contribution in [0.2, 0.25) is 0 Å². The van der Waals surface area contributed by atoms with Crippen LogP contribution >= 0.6 is 15.9 Å². The molecule has 36 heavy (non-hydrogen) atoms. The van der Waals surface area contributed by atoms with Gasteiger partial charge < -0.3 is 15.0 Å². The van der Waals surface area contributed by atoms with Crippen molar-refractivity contribution >= 4 is 91.6 Å². The lowest BCUT2D eigenvalue weighted by Gasteiger charge is -2.31. The largest absolute Gasteiger partial charge is 0.497 e. The van der Waals surface area contributed by atoms with Crippen LogP contribution in [-0.4, -0.2) is 106 Å². The Balaban J connectivity index is 0.000000392. The van der Waals surface area contributed by atoms with E-state index in [1.54, 1.807) is 48.4 Å². The van der Waals surface area contributed by atoms with Crippen LogP contribution in [0.15, 0.2) is 46.9 Å². The number of ether oxygens (including phenoxy) is 1. The van der Waals surface area contributed by atoms with Crippen molar-refractivity contribution in [1.82, 2.24) is 15.1 Å². The van der Waals surface area contributed by atoms with Gasteiger partial charge in [-0.3, -0.25) is 14.5 Å². The van der Waals surface area contributed by atoms with Crippen molar-refractivity contribution in [3.63, 3.8) is 0 Å². The van der Waals surface area contributed by atoms with Gasteiger partial charge in [0, 0.05) is 81.5 Å². The van der Waals surface area contributed by atoms with Gasteiger partial charge in [-0.05, 0) is 35.4 Å². The zero-order valence-corrected chi connectivity index (χ0v) is 21.6.